The average molecular weight is 362 g/mol. The Labute approximate surface area is 130 Å². The average Bonchev–Trinajstić information content (AvgIpc) is 2.81. The minimum Gasteiger partial charge on any atom is -0.206 e. The molecule has 4 heteroatoms. The second-order valence-electron chi connectivity index (χ2n) is 5.46. The normalized spacial score (nSPS) is 13.6. The molecule has 0 saturated heterocycles. The van der Waals surface area contributed by atoms with E-state index in [-0.39, 0.29) is 16.6 Å². The first kappa shape index (κ1) is 15.0. The van der Waals surface area contributed by atoms with Gasteiger partial charge in [0.05, 0.1) is 9.85 Å². The number of hydrogen-bond acceptors (Lipinski definition) is 1. The molecule has 2 rings (SSSR count). The molecule has 0 fully saturated rings. The molecule has 19 heavy (non-hydrogen) atoms. The molecule has 0 aliphatic rings. The first-order valence-electron chi connectivity index (χ1n) is 5.99. The Hall–Kier alpha value is -0.380. The zero-order chi connectivity index (χ0) is 14.2. The first-order valence-corrected chi connectivity index (χ1v) is 8.03. The van der Waals surface area contributed by atoms with E-state index in [2.05, 4.69) is 42.8 Å². The van der Waals surface area contributed by atoms with E-state index >= 15 is 0 Å². The summed E-state index contributed by atoms with van der Waals surface area (Å²) in [7, 11) is 0. The van der Waals surface area contributed by atoms with Gasteiger partial charge in [-0.1, -0.05) is 32.9 Å². The quantitative estimate of drug-likeness (QED) is 0.552. The Morgan fingerprint density at radius 3 is 2.47 bits per heavy atom. The third-order valence-corrected chi connectivity index (χ3v) is 5.88. The van der Waals surface area contributed by atoms with Crippen LogP contribution in [0.3, 0.4) is 0 Å². The van der Waals surface area contributed by atoms with E-state index < -0.39 is 0 Å². The molecule has 102 valence electrons. The Balaban J connectivity index is 2.37. The molecule has 0 bridgehead atoms. The summed E-state index contributed by atoms with van der Waals surface area (Å²) in [6.45, 7) is 6.51. The number of thiophene rings is 1. The van der Waals surface area contributed by atoms with Crippen LogP contribution < -0.4 is 0 Å². The van der Waals surface area contributed by atoms with E-state index in [1.807, 2.05) is 12.1 Å². The smallest absolute Gasteiger partial charge is 0.137 e. The zero-order valence-electron chi connectivity index (χ0n) is 11.0. The van der Waals surface area contributed by atoms with Gasteiger partial charge in [-0.25, -0.2) is 4.39 Å². The lowest BCUT2D eigenvalue weighted by atomic mass is 9.95. The van der Waals surface area contributed by atoms with Crippen LogP contribution in [-0.4, -0.2) is 0 Å². The van der Waals surface area contributed by atoms with Crippen molar-refractivity contribution >= 4 is 38.9 Å². The maximum absolute atomic E-state index is 13.5. The summed E-state index contributed by atoms with van der Waals surface area (Å²) < 4.78 is 14.0. The van der Waals surface area contributed by atoms with Crippen molar-refractivity contribution in [2.45, 2.75) is 31.6 Å². The SMILES string of the molecule is CC(C)(C)c1ccc(C(Cl)c2cccc(F)c2Br)s1. The zero-order valence-corrected chi connectivity index (χ0v) is 14.2. The third-order valence-electron chi connectivity index (χ3n) is 2.87. The van der Waals surface area contributed by atoms with Crippen molar-refractivity contribution in [1.82, 2.24) is 0 Å². The van der Waals surface area contributed by atoms with Gasteiger partial charge in [-0.3, -0.25) is 0 Å². The van der Waals surface area contributed by atoms with E-state index in [1.165, 1.54) is 10.9 Å². The molecule has 1 atom stereocenters. The Morgan fingerprint density at radius 1 is 1.21 bits per heavy atom. The highest BCUT2D eigenvalue weighted by molar-refractivity contribution is 9.10. The first-order chi connectivity index (χ1) is 8.80. The molecule has 0 radical (unpaired) electrons. The van der Waals surface area contributed by atoms with Gasteiger partial charge >= 0.3 is 0 Å². The fourth-order valence-electron chi connectivity index (χ4n) is 1.76. The van der Waals surface area contributed by atoms with Crippen molar-refractivity contribution in [1.29, 1.82) is 0 Å². The summed E-state index contributed by atoms with van der Waals surface area (Å²) in [5, 5.41) is -0.328. The molecule has 0 aliphatic heterocycles. The van der Waals surface area contributed by atoms with Crippen molar-refractivity contribution in [3.8, 4) is 0 Å². The number of hydrogen-bond donors (Lipinski definition) is 0. The van der Waals surface area contributed by atoms with Gasteiger partial charge in [-0.05, 0) is 45.1 Å². The van der Waals surface area contributed by atoms with Gasteiger partial charge in [0.1, 0.15) is 5.82 Å². The van der Waals surface area contributed by atoms with E-state index in [1.54, 1.807) is 17.4 Å². The van der Waals surface area contributed by atoms with Crippen LogP contribution in [0.4, 0.5) is 4.39 Å². The van der Waals surface area contributed by atoms with Crippen LogP contribution in [0.25, 0.3) is 0 Å². The van der Waals surface area contributed by atoms with Gasteiger partial charge in [0, 0.05) is 9.75 Å². The molecule has 1 heterocycles. The molecule has 0 N–H and O–H groups in total. The highest BCUT2D eigenvalue weighted by Gasteiger charge is 2.21. The molecular weight excluding hydrogens is 347 g/mol. The second kappa shape index (κ2) is 5.55. The van der Waals surface area contributed by atoms with Gasteiger partial charge in [-0.2, -0.15) is 0 Å². The summed E-state index contributed by atoms with van der Waals surface area (Å²) in [5.41, 5.74) is 0.877. The van der Waals surface area contributed by atoms with Crippen LogP contribution in [0.1, 0.15) is 41.5 Å². The topological polar surface area (TPSA) is 0 Å². The lowest BCUT2D eigenvalue weighted by Crippen LogP contribution is -2.07. The predicted molar refractivity (Wildman–Crippen MR) is 84.8 cm³/mol. The highest BCUT2D eigenvalue weighted by Crippen LogP contribution is 2.40. The van der Waals surface area contributed by atoms with Crippen molar-refractivity contribution in [2.24, 2.45) is 0 Å². The molecule has 2 aromatic rings. The maximum atomic E-state index is 13.5. The van der Waals surface area contributed by atoms with Gasteiger partial charge in [0.15, 0.2) is 0 Å². The van der Waals surface area contributed by atoms with Crippen molar-refractivity contribution in [3.05, 3.63) is 55.9 Å². The number of rotatable bonds is 2. The van der Waals surface area contributed by atoms with Crippen molar-refractivity contribution in [3.63, 3.8) is 0 Å². The molecule has 1 unspecified atom stereocenters. The lowest BCUT2D eigenvalue weighted by Gasteiger charge is -2.16. The Kier molecular flexibility index (Phi) is 4.38. The molecule has 0 saturated carbocycles. The van der Waals surface area contributed by atoms with E-state index in [0.717, 1.165) is 10.4 Å². The van der Waals surface area contributed by atoms with Crippen LogP contribution in [0.5, 0.6) is 0 Å². The number of alkyl halides is 1. The molecule has 1 aromatic heterocycles. The second-order valence-corrected chi connectivity index (χ2v) is 7.80. The Morgan fingerprint density at radius 2 is 1.89 bits per heavy atom. The van der Waals surface area contributed by atoms with Crippen molar-refractivity contribution < 1.29 is 4.39 Å². The van der Waals surface area contributed by atoms with Gasteiger partial charge in [0.25, 0.3) is 0 Å². The van der Waals surface area contributed by atoms with Gasteiger partial charge in [0.2, 0.25) is 0 Å². The number of halogens is 3. The Bertz CT molecular complexity index is 586. The molecular formula is C15H15BrClFS. The van der Waals surface area contributed by atoms with Crippen LogP contribution >= 0.6 is 38.9 Å². The minimum absolute atomic E-state index is 0.110. The number of benzene rings is 1. The van der Waals surface area contributed by atoms with Crippen LogP contribution in [0, 0.1) is 5.82 Å². The standard InChI is InChI=1S/C15H15BrClFS/c1-15(2,3)12-8-7-11(19-12)14(17)9-5-4-6-10(18)13(9)16/h4-8,14H,1-3H3. The van der Waals surface area contributed by atoms with E-state index in [9.17, 15) is 4.39 Å². The summed E-state index contributed by atoms with van der Waals surface area (Å²) in [5.74, 6) is -0.282. The highest BCUT2D eigenvalue weighted by atomic mass is 79.9. The summed E-state index contributed by atoms with van der Waals surface area (Å²) in [6.07, 6.45) is 0. The monoisotopic (exact) mass is 360 g/mol. The third kappa shape index (κ3) is 3.21. The largest absolute Gasteiger partial charge is 0.206 e. The molecule has 0 nitrogen and oxygen atoms in total. The fraction of sp³-hybridized carbons (Fsp3) is 0.333. The summed E-state index contributed by atoms with van der Waals surface area (Å²) in [6, 6.07) is 9.08. The van der Waals surface area contributed by atoms with Crippen molar-refractivity contribution in [2.75, 3.05) is 0 Å². The lowest BCUT2D eigenvalue weighted by molar-refractivity contribution is 0.604. The van der Waals surface area contributed by atoms with Gasteiger partial charge in [-0.15, -0.1) is 22.9 Å². The maximum Gasteiger partial charge on any atom is 0.137 e. The van der Waals surface area contributed by atoms with Crippen LogP contribution in [0.2, 0.25) is 0 Å². The minimum atomic E-state index is -0.328. The molecule has 0 spiro atoms. The van der Waals surface area contributed by atoms with Crippen LogP contribution in [-0.2, 0) is 5.41 Å². The van der Waals surface area contributed by atoms with Crippen LogP contribution in [0.15, 0.2) is 34.8 Å². The molecule has 0 amide bonds. The summed E-state index contributed by atoms with van der Waals surface area (Å²) in [4.78, 5) is 2.32. The fourth-order valence-corrected chi connectivity index (χ4v) is 3.84. The van der Waals surface area contributed by atoms with E-state index in [4.69, 9.17) is 11.6 Å². The molecule has 1 aromatic carbocycles. The molecule has 0 aliphatic carbocycles. The summed E-state index contributed by atoms with van der Waals surface area (Å²) >= 11 is 11.4. The van der Waals surface area contributed by atoms with Gasteiger partial charge < -0.3 is 0 Å². The predicted octanol–water partition coefficient (Wildman–Crippen LogP) is 6.28. The van der Waals surface area contributed by atoms with E-state index in [0.29, 0.717) is 4.47 Å².